The molecular weight excluding hydrogens is 270 g/mol. The molecule has 1 rings (SSSR count). The van der Waals surface area contributed by atoms with Gasteiger partial charge in [-0.05, 0) is 31.5 Å². The third kappa shape index (κ3) is 2.75. The Kier molecular flexibility index (Phi) is 4.35. The molecule has 0 heterocycles. The Bertz CT molecular complexity index is 366. The van der Waals surface area contributed by atoms with Gasteiger partial charge in [0.05, 0.1) is 18.8 Å². The maximum Gasteiger partial charge on any atom is 0.0692 e. The van der Waals surface area contributed by atoms with Gasteiger partial charge in [-0.25, -0.2) is 0 Å². The van der Waals surface area contributed by atoms with Gasteiger partial charge < -0.3 is 15.1 Å². The van der Waals surface area contributed by atoms with Crippen LogP contribution in [0.2, 0.25) is 0 Å². The molecule has 0 aromatic heterocycles. The molecule has 0 amide bonds. The van der Waals surface area contributed by atoms with Crippen molar-refractivity contribution < 1.29 is 10.2 Å². The summed E-state index contributed by atoms with van der Waals surface area (Å²) in [4.78, 5) is 2.01. The first kappa shape index (κ1) is 13.5. The van der Waals surface area contributed by atoms with E-state index in [0.717, 1.165) is 15.7 Å². The van der Waals surface area contributed by atoms with Crippen LogP contribution in [0.4, 0.5) is 5.69 Å². The van der Waals surface area contributed by atoms with Crippen molar-refractivity contribution in [3.63, 3.8) is 0 Å². The topological polar surface area (TPSA) is 43.7 Å². The highest BCUT2D eigenvalue weighted by Gasteiger charge is 2.22. The Morgan fingerprint density at radius 2 is 1.94 bits per heavy atom. The summed E-state index contributed by atoms with van der Waals surface area (Å²) in [5.41, 5.74) is 1.56. The third-order valence-corrected chi connectivity index (χ3v) is 3.63. The molecule has 1 aromatic carbocycles. The lowest BCUT2D eigenvalue weighted by atomic mass is 10.0. The molecule has 0 radical (unpaired) electrons. The molecule has 0 aliphatic rings. The monoisotopic (exact) mass is 287 g/mol. The van der Waals surface area contributed by atoms with Crippen molar-refractivity contribution in [2.24, 2.45) is 0 Å². The predicted octanol–water partition coefficient (Wildman–Crippen LogP) is 2.15. The summed E-state index contributed by atoms with van der Waals surface area (Å²) < 4.78 is 0.882. The Hall–Kier alpha value is -0.580. The van der Waals surface area contributed by atoms with Crippen LogP contribution in [0.3, 0.4) is 0 Å². The summed E-state index contributed by atoms with van der Waals surface area (Å²) in [7, 11) is 1.94. The molecule has 0 spiro atoms. The molecule has 3 nitrogen and oxygen atoms in total. The van der Waals surface area contributed by atoms with E-state index < -0.39 is 0 Å². The van der Waals surface area contributed by atoms with Crippen molar-refractivity contribution in [2.75, 3.05) is 18.6 Å². The zero-order valence-corrected chi connectivity index (χ0v) is 11.5. The Balaban J connectivity index is 3.02. The van der Waals surface area contributed by atoms with E-state index >= 15 is 0 Å². The second kappa shape index (κ2) is 5.17. The summed E-state index contributed by atoms with van der Waals surface area (Å²) in [6, 6.07) is 5.76. The number of aliphatic hydroxyl groups excluding tert-OH is 2. The van der Waals surface area contributed by atoms with Crippen molar-refractivity contribution in [1.82, 2.24) is 0 Å². The quantitative estimate of drug-likeness (QED) is 0.892. The molecule has 0 saturated heterocycles. The maximum atomic E-state index is 9.30. The minimum absolute atomic E-state index is 0.0218. The van der Waals surface area contributed by atoms with Crippen molar-refractivity contribution >= 4 is 21.6 Å². The van der Waals surface area contributed by atoms with Crippen molar-refractivity contribution in [3.05, 3.63) is 28.2 Å². The SMILES string of the molecule is CN(c1ccc(CO)c(Br)c1)C(C)(C)CO. The normalized spacial score (nSPS) is 11.6. The van der Waals surface area contributed by atoms with E-state index in [1.807, 2.05) is 44.0 Å². The third-order valence-electron chi connectivity index (χ3n) is 2.89. The van der Waals surface area contributed by atoms with E-state index in [4.69, 9.17) is 5.11 Å². The molecule has 90 valence electrons. The van der Waals surface area contributed by atoms with Gasteiger partial charge >= 0.3 is 0 Å². The minimum atomic E-state index is -0.305. The molecule has 0 saturated carbocycles. The number of hydrogen-bond acceptors (Lipinski definition) is 3. The lowest BCUT2D eigenvalue weighted by Crippen LogP contribution is -2.44. The van der Waals surface area contributed by atoms with Crippen LogP contribution in [0.15, 0.2) is 22.7 Å². The van der Waals surface area contributed by atoms with Crippen LogP contribution in [0.1, 0.15) is 19.4 Å². The first-order chi connectivity index (χ1) is 7.42. The fourth-order valence-corrected chi connectivity index (χ4v) is 1.82. The molecule has 2 N–H and O–H groups in total. The average Bonchev–Trinajstić information content (AvgIpc) is 2.27. The second-order valence-electron chi connectivity index (χ2n) is 4.46. The Labute approximate surface area is 105 Å². The van der Waals surface area contributed by atoms with E-state index in [0.29, 0.717) is 0 Å². The van der Waals surface area contributed by atoms with Crippen LogP contribution >= 0.6 is 15.9 Å². The van der Waals surface area contributed by atoms with E-state index in [-0.39, 0.29) is 18.8 Å². The van der Waals surface area contributed by atoms with Gasteiger partial charge in [-0.3, -0.25) is 0 Å². The number of anilines is 1. The highest BCUT2D eigenvalue weighted by atomic mass is 79.9. The van der Waals surface area contributed by atoms with E-state index in [1.54, 1.807) is 0 Å². The molecule has 0 aliphatic carbocycles. The Morgan fingerprint density at radius 1 is 1.31 bits per heavy atom. The Morgan fingerprint density at radius 3 is 2.38 bits per heavy atom. The van der Waals surface area contributed by atoms with E-state index in [9.17, 15) is 5.11 Å². The summed E-state index contributed by atoms with van der Waals surface area (Å²) in [6.07, 6.45) is 0. The molecule has 0 aliphatic heterocycles. The molecule has 16 heavy (non-hydrogen) atoms. The van der Waals surface area contributed by atoms with Gasteiger partial charge in [0.25, 0.3) is 0 Å². The van der Waals surface area contributed by atoms with Crippen LogP contribution in [0, 0.1) is 0 Å². The lowest BCUT2D eigenvalue weighted by molar-refractivity contribution is 0.216. The molecular formula is C12H18BrNO2. The smallest absolute Gasteiger partial charge is 0.0692 e. The standard InChI is InChI=1S/C12H18BrNO2/c1-12(2,8-16)14(3)10-5-4-9(7-15)11(13)6-10/h4-6,15-16H,7-8H2,1-3H3. The van der Waals surface area contributed by atoms with Crippen LogP contribution < -0.4 is 4.90 Å². The maximum absolute atomic E-state index is 9.30. The molecule has 0 bridgehead atoms. The van der Waals surface area contributed by atoms with Gasteiger partial charge in [0.2, 0.25) is 0 Å². The first-order valence-corrected chi connectivity index (χ1v) is 5.95. The summed E-state index contributed by atoms with van der Waals surface area (Å²) in [5, 5.41) is 18.4. The average molecular weight is 288 g/mol. The molecule has 1 aromatic rings. The summed E-state index contributed by atoms with van der Waals surface area (Å²) in [6.45, 7) is 4.05. The van der Waals surface area contributed by atoms with Crippen LogP contribution in [-0.2, 0) is 6.61 Å². The fraction of sp³-hybridized carbons (Fsp3) is 0.500. The van der Waals surface area contributed by atoms with E-state index in [1.165, 1.54) is 0 Å². The number of rotatable bonds is 4. The summed E-state index contributed by atoms with van der Waals surface area (Å²) >= 11 is 3.42. The molecule has 4 heteroatoms. The van der Waals surface area contributed by atoms with Crippen molar-refractivity contribution in [2.45, 2.75) is 26.0 Å². The van der Waals surface area contributed by atoms with Gasteiger partial charge in [0, 0.05) is 17.2 Å². The highest BCUT2D eigenvalue weighted by molar-refractivity contribution is 9.10. The highest BCUT2D eigenvalue weighted by Crippen LogP contribution is 2.27. The fourth-order valence-electron chi connectivity index (χ4n) is 1.33. The molecule has 0 unspecified atom stereocenters. The summed E-state index contributed by atoms with van der Waals surface area (Å²) in [5.74, 6) is 0. The van der Waals surface area contributed by atoms with Gasteiger partial charge in [-0.1, -0.05) is 22.0 Å². The van der Waals surface area contributed by atoms with Crippen LogP contribution in [0.25, 0.3) is 0 Å². The lowest BCUT2D eigenvalue weighted by Gasteiger charge is -2.36. The largest absolute Gasteiger partial charge is 0.394 e. The number of aliphatic hydroxyl groups is 2. The number of benzene rings is 1. The second-order valence-corrected chi connectivity index (χ2v) is 5.32. The van der Waals surface area contributed by atoms with Gasteiger partial charge in [0.15, 0.2) is 0 Å². The number of hydrogen-bond donors (Lipinski definition) is 2. The number of nitrogens with zero attached hydrogens (tertiary/aromatic N) is 1. The zero-order chi connectivity index (χ0) is 12.3. The first-order valence-electron chi connectivity index (χ1n) is 5.16. The molecule has 0 atom stereocenters. The molecule has 0 fully saturated rings. The predicted molar refractivity (Wildman–Crippen MR) is 69.6 cm³/mol. The number of halogens is 1. The zero-order valence-electron chi connectivity index (χ0n) is 9.87. The van der Waals surface area contributed by atoms with Gasteiger partial charge in [-0.2, -0.15) is 0 Å². The van der Waals surface area contributed by atoms with Crippen molar-refractivity contribution in [1.29, 1.82) is 0 Å². The van der Waals surface area contributed by atoms with Crippen LogP contribution in [0.5, 0.6) is 0 Å². The van der Waals surface area contributed by atoms with Gasteiger partial charge in [-0.15, -0.1) is 0 Å². The van der Waals surface area contributed by atoms with Crippen molar-refractivity contribution in [3.8, 4) is 0 Å². The number of likely N-dealkylation sites (N-methyl/N-ethyl adjacent to an activating group) is 1. The van der Waals surface area contributed by atoms with Gasteiger partial charge in [0.1, 0.15) is 0 Å². The van der Waals surface area contributed by atoms with E-state index in [2.05, 4.69) is 15.9 Å². The minimum Gasteiger partial charge on any atom is -0.394 e. The van der Waals surface area contributed by atoms with Crippen LogP contribution in [-0.4, -0.2) is 29.4 Å².